The van der Waals surface area contributed by atoms with Gasteiger partial charge in [-0.1, -0.05) is 48.5 Å². The third-order valence-corrected chi connectivity index (χ3v) is 8.69. The summed E-state index contributed by atoms with van der Waals surface area (Å²) in [6.07, 6.45) is 0.593. The maximum Gasteiger partial charge on any atom is 0.160 e. The van der Waals surface area contributed by atoms with E-state index in [1.807, 2.05) is 54.6 Å². The Hall–Kier alpha value is -6.30. The molecule has 44 heavy (non-hydrogen) atoms. The highest BCUT2D eigenvalue weighted by molar-refractivity contribution is 6.21. The second-order valence-electron chi connectivity index (χ2n) is 11.2. The molecule has 5 nitrogen and oxygen atoms in total. The molecule has 0 N–H and O–H groups in total. The van der Waals surface area contributed by atoms with Gasteiger partial charge in [0, 0.05) is 38.0 Å². The largest absolute Gasteiger partial charge is 0.456 e. The second-order valence-corrected chi connectivity index (χ2v) is 11.2. The number of nitrogens with zero attached hydrogens (tertiary/aromatic N) is 3. The van der Waals surface area contributed by atoms with Gasteiger partial charge in [-0.2, -0.15) is 10.5 Å². The summed E-state index contributed by atoms with van der Waals surface area (Å²) in [4.78, 5) is 0. The molecule has 0 aliphatic rings. The first-order valence-corrected chi connectivity index (χ1v) is 14.4. The second kappa shape index (κ2) is 9.10. The zero-order valence-electron chi connectivity index (χ0n) is 23.3. The van der Waals surface area contributed by atoms with E-state index in [-0.39, 0.29) is 0 Å². The zero-order chi connectivity index (χ0) is 29.4. The van der Waals surface area contributed by atoms with Crippen molar-refractivity contribution in [1.29, 1.82) is 10.5 Å². The maximum atomic E-state index is 9.89. The van der Waals surface area contributed by atoms with Crippen LogP contribution in [0, 0.1) is 22.7 Å². The Balaban J connectivity index is 1.31. The first kappa shape index (κ1) is 24.3. The molecule has 0 bridgehead atoms. The van der Waals surface area contributed by atoms with Crippen molar-refractivity contribution in [1.82, 2.24) is 4.57 Å². The molecule has 204 valence electrons. The summed E-state index contributed by atoms with van der Waals surface area (Å²) in [5.74, 6) is 0. The van der Waals surface area contributed by atoms with Gasteiger partial charge in [0.15, 0.2) is 5.58 Å². The average molecular weight is 564 g/mol. The molecular formula is C39H21N3O2. The van der Waals surface area contributed by atoms with Crippen LogP contribution in [-0.4, -0.2) is 4.57 Å². The minimum absolute atomic E-state index is 0.593. The van der Waals surface area contributed by atoms with Crippen molar-refractivity contribution in [3.05, 3.63) is 138 Å². The first-order valence-electron chi connectivity index (χ1n) is 14.4. The van der Waals surface area contributed by atoms with Crippen LogP contribution in [-0.2, 0) is 6.42 Å². The Labute approximate surface area is 251 Å². The summed E-state index contributed by atoms with van der Waals surface area (Å²) >= 11 is 0. The van der Waals surface area contributed by atoms with Gasteiger partial charge in [0.25, 0.3) is 0 Å². The highest BCUT2D eigenvalue weighted by Gasteiger charge is 2.21. The van der Waals surface area contributed by atoms with E-state index in [1.165, 1.54) is 0 Å². The minimum Gasteiger partial charge on any atom is -0.456 e. The molecule has 0 radical (unpaired) electrons. The molecule has 0 amide bonds. The van der Waals surface area contributed by atoms with Crippen molar-refractivity contribution in [2.24, 2.45) is 0 Å². The van der Waals surface area contributed by atoms with Crippen molar-refractivity contribution in [3.63, 3.8) is 0 Å². The Morgan fingerprint density at radius 1 is 0.545 bits per heavy atom. The molecule has 3 aromatic heterocycles. The van der Waals surface area contributed by atoms with Crippen LogP contribution in [0.5, 0.6) is 0 Å². The number of nitriles is 2. The molecule has 0 aliphatic carbocycles. The van der Waals surface area contributed by atoms with Crippen molar-refractivity contribution >= 4 is 65.7 Å². The fourth-order valence-corrected chi connectivity index (χ4v) is 6.72. The zero-order valence-corrected chi connectivity index (χ0v) is 23.3. The van der Waals surface area contributed by atoms with E-state index >= 15 is 0 Å². The lowest BCUT2D eigenvalue weighted by molar-refractivity contribution is 0.668. The summed E-state index contributed by atoms with van der Waals surface area (Å²) < 4.78 is 14.9. The van der Waals surface area contributed by atoms with E-state index in [4.69, 9.17) is 8.83 Å². The van der Waals surface area contributed by atoms with E-state index in [2.05, 4.69) is 71.3 Å². The van der Waals surface area contributed by atoms with E-state index in [9.17, 15) is 10.5 Å². The maximum absolute atomic E-state index is 9.89. The predicted molar refractivity (Wildman–Crippen MR) is 174 cm³/mol. The number of hydrogen-bond acceptors (Lipinski definition) is 4. The molecule has 0 unspecified atom stereocenters. The Morgan fingerprint density at radius 2 is 1.23 bits per heavy atom. The molecule has 0 saturated heterocycles. The molecule has 9 rings (SSSR count). The smallest absolute Gasteiger partial charge is 0.160 e. The number of rotatable bonds is 3. The topological polar surface area (TPSA) is 78.8 Å². The van der Waals surface area contributed by atoms with Crippen molar-refractivity contribution in [2.45, 2.75) is 6.42 Å². The quantitative estimate of drug-likeness (QED) is 0.214. The number of para-hydroxylation sites is 2. The third kappa shape index (κ3) is 3.45. The normalized spacial score (nSPS) is 11.7. The number of benzene rings is 6. The molecule has 0 atom stereocenters. The van der Waals surface area contributed by atoms with Gasteiger partial charge in [0.05, 0.1) is 34.3 Å². The fraction of sp³-hybridized carbons (Fsp3) is 0.0256. The monoisotopic (exact) mass is 563 g/mol. The van der Waals surface area contributed by atoms with Crippen LogP contribution < -0.4 is 0 Å². The van der Waals surface area contributed by atoms with Crippen LogP contribution in [0.1, 0.15) is 22.3 Å². The van der Waals surface area contributed by atoms with E-state index in [0.29, 0.717) is 17.5 Å². The van der Waals surface area contributed by atoms with E-state index in [0.717, 1.165) is 82.5 Å². The lowest BCUT2D eigenvalue weighted by Crippen LogP contribution is -2.02. The Morgan fingerprint density at radius 3 is 2.09 bits per heavy atom. The summed E-state index contributed by atoms with van der Waals surface area (Å²) in [5.41, 5.74) is 9.59. The number of furan rings is 2. The fourth-order valence-electron chi connectivity index (χ4n) is 6.72. The van der Waals surface area contributed by atoms with Crippen molar-refractivity contribution in [2.75, 3.05) is 0 Å². The number of aromatic nitrogens is 1. The lowest BCUT2D eigenvalue weighted by Gasteiger charge is -2.15. The highest BCUT2D eigenvalue weighted by atomic mass is 16.3. The molecule has 0 spiro atoms. The van der Waals surface area contributed by atoms with E-state index in [1.54, 1.807) is 6.07 Å². The van der Waals surface area contributed by atoms with Gasteiger partial charge >= 0.3 is 0 Å². The number of hydrogen-bond donors (Lipinski definition) is 0. The van der Waals surface area contributed by atoms with Crippen LogP contribution in [0.15, 0.2) is 124 Å². The van der Waals surface area contributed by atoms with Gasteiger partial charge in [-0.05, 0) is 84.3 Å². The lowest BCUT2D eigenvalue weighted by atomic mass is 9.99. The molecule has 0 saturated carbocycles. The highest BCUT2D eigenvalue weighted by Crippen LogP contribution is 2.41. The van der Waals surface area contributed by atoms with Gasteiger partial charge in [-0.3, -0.25) is 0 Å². The van der Waals surface area contributed by atoms with Crippen LogP contribution in [0.25, 0.3) is 71.4 Å². The van der Waals surface area contributed by atoms with Gasteiger partial charge < -0.3 is 13.4 Å². The summed E-state index contributed by atoms with van der Waals surface area (Å²) in [6.45, 7) is 0. The first-order chi connectivity index (χ1) is 21.7. The van der Waals surface area contributed by atoms with Crippen LogP contribution in [0.3, 0.4) is 0 Å². The summed E-state index contributed by atoms with van der Waals surface area (Å²) in [7, 11) is 0. The van der Waals surface area contributed by atoms with Gasteiger partial charge in [0.2, 0.25) is 0 Å². The molecule has 9 aromatic rings. The van der Waals surface area contributed by atoms with Crippen molar-refractivity contribution in [3.8, 4) is 17.8 Å². The Kier molecular flexibility index (Phi) is 5.03. The SMILES string of the molecule is N#Cc1ccc(-n2c3ccccc3c3ccc4c5ccccc5oc4c32)c(Cc2ccc3oc4ccc(C#N)cc4c3c2)c1. The third-order valence-electron chi connectivity index (χ3n) is 8.69. The average Bonchev–Trinajstić information content (AvgIpc) is 3.74. The molecule has 6 aromatic carbocycles. The molecule has 0 fully saturated rings. The van der Waals surface area contributed by atoms with Gasteiger partial charge in [-0.25, -0.2) is 0 Å². The molecule has 3 heterocycles. The van der Waals surface area contributed by atoms with Gasteiger partial charge in [0.1, 0.15) is 16.7 Å². The molecular weight excluding hydrogens is 542 g/mol. The van der Waals surface area contributed by atoms with Crippen molar-refractivity contribution < 1.29 is 8.83 Å². The van der Waals surface area contributed by atoms with Gasteiger partial charge in [-0.15, -0.1) is 0 Å². The van der Waals surface area contributed by atoms with Crippen LogP contribution in [0.2, 0.25) is 0 Å². The predicted octanol–water partition coefficient (Wildman–Crippen LogP) is 9.92. The summed E-state index contributed by atoms with van der Waals surface area (Å²) in [6, 6.07) is 43.1. The minimum atomic E-state index is 0.593. The summed E-state index contributed by atoms with van der Waals surface area (Å²) in [5, 5.41) is 25.6. The van der Waals surface area contributed by atoms with E-state index < -0.39 is 0 Å². The Bertz CT molecular complexity index is 2730. The molecule has 0 aliphatic heterocycles. The van der Waals surface area contributed by atoms with Crippen LogP contribution >= 0.6 is 0 Å². The standard InChI is InChI=1S/C39H21N3O2/c40-21-24-9-14-33(26(18-24)17-23-10-15-36-31(19-23)32-20-25(22-41)11-16-37(32)43-36)42-34-7-3-1-5-27(34)29-12-13-30-28-6-2-4-8-35(28)44-39(30)38(29)42/h1-16,18-20H,17H2. The molecule has 5 heteroatoms. The van der Waals surface area contributed by atoms with Crippen LogP contribution in [0.4, 0.5) is 0 Å². The number of fused-ring (bicyclic) bond motifs is 10.